The van der Waals surface area contributed by atoms with Crippen LogP contribution in [-0.2, 0) is 41.6 Å². The van der Waals surface area contributed by atoms with E-state index in [1.54, 1.807) is 0 Å². The Morgan fingerprint density at radius 3 is 2.33 bits per heavy atom. The number of carboxylic acid groups (broad SMARTS) is 1. The molecule has 0 saturated heterocycles. The minimum atomic E-state index is -1.95. The molecule has 0 saturated carbocycles. The first-order valence-electron chi connectivity index (χ1n) is 8.82. The first-order chi connectivity index (χ1) is 14.2. The van der Waals surface area contributed by atoms with Crippen LogP contribution in [0.3, 0.4) is 0 Å². The SMILES string of the molecule is CC(=O)O[C@@H](C(=O)O)[C@@H](OC(C)=O)C(=O)NCc1cc(Cc2ccccc2Cl)cs1. The quantitative estimate of drug-likeness (QED) is 0.560. The van der Waals surface area contributed by atoms with Crippen LogP contribution in [0.2, 0.25) is 5.02 Å². The summed E-state index contributed by atoms with van der Waals surface area (Å²) < 4.78 is 9.45. The molecule has 160 valence electrons. The number of nitrogens with one attached hydrogen (secondary N) is 1. The standard InChI is InChI=1S/C20H20ClNO7S/c1-11(23)28-17(18(20(26)27)29-12(2)24)19(25)22-9-15-8-13(10-30-15)7-14-5-3-4-6-16(14)21/h3-6,8,10,17-18H,7,9H2,1-2H3,(H,22,25)(H,26,27)/t17-,18-/m1/s1. The summed E-state index contributed by atoms with van der Waals surface area (Å²) in [4.78, 5) is 47.1. The van der Waals surface area contributed by atoms with Gasteiger partial charge in [0, 0.05) is 23.7 Å². The van der Waals surface area contributed by atoms with Crippen LogP contribution in [0.5, 0.6) is 0 Å². The Hall–Kier alpha value is -2.91. The van der Waals surface area contributed by atoms with Crippen LogP contribution in [0, 0.1) is 0 Å². The molecule has 30 heavy (non-hydrogen) atoms. The van der Waals surface area contributed by atoms with Crippen molar-refractivity contribution in [1.29, 1.82) is 0 Å². The molecule has 2 N–H and O–H groups in total. The van der Waals surface area contributed by atoms with E-state index in [0.717, 1.165) is 29.9 Å². The van der Waals surface area contributed by atoms with Gasteiger partial charge in [-0.2, -0.15) is 0 Å². The molecule has 0 aliphatic carbocycles. The van der Waals surface area contributed by atoms with Gasteiger partial charge >= 0.3 is 17.9 Å². The van der Waals surface area contributed by atoms with E-state index in [0.29, 0.717) is 11.4 Å². The second-order valence-electron chi connectivity index (χ2n) is 6.31. The zero-order chi connectivity index (χ0) is 22.3. The fourth-order valence-electron chi connectivity index (χ4n) is 2.60. The molecule has 0 bridgehead atoms. The molecule has 0 aliphatic rings. The molecule has 2 aromatic rings. The van der Waals surface area contributed by atoms with Crippen molar-refractivity contribution in [2.75, 3.05) is 0 Å². The third-order valence-corrected chi connectivity index (χ3v) is 5.21. The van der Waals surface area contributed by atoms with E-state index in [9.17, 15) is 24.3 Å². The number of hydrogen-bond acceptors (Lipinski definition) is 7. The number of carboxylic acids is 1. The van der Waals surface area contributed by atoms with Gasteiger partial charge < -0.3 is 19.9 Å². The molecule has 0 aliphatic heterocycles. The number of ether oxygens (including phenoxy) is 2. The maximum Gasteiger partial charge on any atom is 0.349 e. The van der Waals surface area contributed by atoms with Gasteiger partial charge in [-0.15, -0.1) is 11.3 Å². The minimum absolute atomic E-state index is 0.0796. The molecule has 0 radical (unpaired) electrons. The van der Waals surface area contributed by atoms with Gasteiger partial charge in [-0.3, -0.25) is 14.4 Å². The van der Waals surface area contributed by atoms with E-state index in [1.807, 2.05) is 35.7 Å². The maximum absolute atomic E-state index is 12.5. The highest BCUT2D eigenvalue weighted by Gasteiger charge is 2.39. The van der Waals surface area contributed by atoms with Gasteiger partial charge in [0.2, 0.25) is 12.2 Å². The second kappa shape index (κ2) is 10.7. The molecule has 0 unspecified atom stereocenters. The predicted molar refractivity (Wildman–Crippen MR) is 109 cm³/mol. The van der Waals surface area contributed by atoms with Crippen LogP contribution in [0.1, 0.15) is 29.9 Å². The molecule has 2 atom stereocenters. The number of halogens is 1. The normalized spacial score (nSPS) is 12.5. The van der Waals surface area contributed by atoms with E-state index >= 15 is 0 Å². The van der Waals surface area contributed by atoms with Crippen LogP contribution in [0.15, 0.2) is 35.7 Å². The van der Waals surface area contributed by atoms with Gasteiger partial charge in [-0.1, -0.05) is 29.8 Å². The van der Waals surface area contributed by atoms with Crippen molar-refractivity contribution in [3.63, 3.8) is 0 Å². The zero-order valence-electron chi connectivity index (χ0n) is 16.2. The summed E-state index contributed by atoms with van der Waals surface area (Å²) in [7, 11) is 0. The van der Waals surface area contributed by atoms with Gasteiger partial charge in [0.05, 0.1) is 6.54 Å². The first kappa shape index (κ1) is 23.4. The Morgan fingerprint density at radius 1 is 1.10 bits per heavy atom. The van der Waals surface area contributed by atoms with Crippen molar-refractivity contribution in [3.05, 3.63) is 56.7 Å². The highest BCUT2D eigenvalue weighted by atomic mass is 35.5. The lowest BCUT2D eigenvalue weighted by Gasteiger charge is -2.22. The Kier molecular flexibility index (Phi) is 8.37. The zero-order valence-corrected chi connectivity index (χ0v) is 17.8. The average Bonchev–Trinajstić information content (AvgIpc) is 3.11. The molecule has 10 heteroatoms. The number of aliphatic carboxylic acids is 1. The fourth-order valence-corrected chi connectivity index (χ4v) is 3.63. The number of hydrogen-bond donors (Lipinski definition) is 2. The summed E-state index contributed by atoms with van der Waals surface area (Å²) in [6.45, 7) is 2.09. The van der Waals surface area contributed by atoms with Crippen molar-refractivity contribution in [2.24, 2.45) is 0 Å². The minimum Gasteiger partial charge on any atom is -0.478 e. The Bertz CT molecular complexity index is 943. The van der Waals surface area contributed by atoms with E-state index in [-0.39, 0.29) is 6.54 Å². The average molecular weight is 454 g/mol. The molecule has 0 fully saturated rings. The van der Waals surface area contributed by atoms with Crippen molar-refractivity contribution in [1.82, 2.24) is 5.32 Å². The summed E-state index contributed by atoms with van der Waals surface area (Å²) in [5, 5.41) is 14.3. The van der Waals surface area contributed by atoms with Crippen molar-refractivity contribution < 1.29 is 33.8 Å². The number of benzene rings is 1. The fraction of sp³-hybridized carbons (Fsp3) is 0.300. The van der Waals surface area contributed by atoms with Crippen LogP contribution >= 0.6 is 22.9 Å². The van der Waals surface area contributed by atoms with Crippen LogP contribution < -0.4 is 5.32 Å². The Labute approximate surface area is 181 Å². The second-order valence-corrected chi connectivity index (χ2v) is 7.71. The van der Waals surface area contributed by atoms with Gasteiger partial charge in [-0.25, -0.2) is 4.79 Å². The molecule has 1 heterocycles. The highest BCUT2D eigenvalue weighted by Crippen LogP contribution is 2.22. The lowest BCUT2D eigenvalue weighted by molar-refractivity contribution is -0.180. The monoisotopic (exact) mass is 453 g/mol. The van der Waals surface area contributed by atoms with Crippen LogP contribution in [0.25, 0.3) is 0 Å². The van der Waals surface area contributed by atoms with Gasteiger partial charge in [-0.05, 0) is 35.1 Å². The molecular weight excluding hydrogens is 434 g/mol. The summed E-state index contributed by atoms with van der Waals surface area (Å²) in [6.07, 6.45) is -3.15. The smallest absolute Gasteiger partial charge is 0.349 e. The van der Waals surface area contributed by atoms with Crippen molar-refractivity contribution in [2.45, 2.75) is 39.0 Å². The molecule has 1 aromatic carbocycles. The predicted octanol–water partition coefficient (Wildman–Crippen LogP) is 2.56. The molecule has 2 rings (SSSR count). The summed E-state index contributed by atoms with van der Waals surface area (Å²) in [6, 6.07) is 9.36. The van der Waals surface area contributed by atoms with E-state index in [1.165, 1.54) is 11.3 Å². The lowest BCUT2D eigenvalue weighted by Crippen LogP contribution is -2.49. The van der Waals surface area contributed by atoms with E-state index in [2.05, 4.69) is 10.1 Å². The number of amides is 1. The third-order valence-electron chi connectivity index (χ3n) is 3.86. The van der Waals surface area contributed by atoms with Crippen molar-refractivity contribution in [3.8, 4) is 0 Å². The maximum atomic E-state index is 12.5. The summed E-state index contributed by atoms with van der Waals surface area (Å²) in [5.74, 6) is -4.30. The summed E-state index contributed by atoms with van der Waals surface area (Å²) in [5.41, 5.74) is 1.96. The van der Waals surface area contributed by atoms with E-state index < -0.39 is 36.0 Å². The number of carbonyl (C=O) groups excluding carboxylic acids is 3. The Balaban J connectivity index is 2.05. The highest BCUT2D eigenvalue weighted by molar-refractivity contribution is 7.10. The third kappa shape index (κ3) is 6.85. The molecule has 0 spiro atoms. The molecule has 1 amide bonds. The van der Waals surface area contributed by atoms with Crippen LogP contribution in [-0.4, -0.2) is 41.1 Å². The van der Waals surface area contributed by atoms with Crippen molar-refractivity contribution >= 4 is 46.8 Å². The topological polar surface area (TPSA) is 119 Å². The lowest BCUT2D eigenvalue weighted by atomic mass is 10.1. The van der Waals surface area contributed by atoms with E-state index in [4.69, 9.17) is 16.3 Å². The number of thiophene rings is 1. The largest absolute Gasteiger partial charge is 0.478 e. The number of esters is 2. The summed E-state index contributed by atoms with van der Waals surface area (Å²) >= 11 is 7.57. The van der Waals surface area contributed by atoms with Gasteiger partial charge in [0.25, 0.3) is 5.91 Å². The molecular formula is C20H20ClNO7S. The molecule has 8 nitrogen and oxygen atoms in total. The Morgan fingerprint density at radius 2 is 1.73 bits per heavy atom. The number of rotatable bonds is 9. The first-order valence-corrected chi connectivity index (χ1v) is 10.1. The van der Waals surface area contributed by atoms with Gasteiger partial charge in [0.15, 0.2) is 0 Å². The van der Waals surface area contributed by atoms with Gasteiger partial charge in [0.1, 0.15) is 0 Å². The molecule has 1 aromatic heterocycles. The van der Waals surface area contributed by atoms with Crippen LogP contribution in [0.4, 0.5) is 0 Å². The number of carbonyl (C=O) groups is 4.